The number of rotatable bonds is 4. The van der Waals surface area contributed by atoms with E-state index in [1.807, 2.05) is 30.3 Å². The van der Waals surface area contributed by atoms with Gasteiger partial charge in [-0.2, -0.15) is 0 Å². The summed E-state index contributed by atoms with van der Waals surface area (Å²) >= 11 is 0. The number of nitrogens with zero attached hydrogens (tertiary/aromatic N) is 1. The highest BCUT2D eigenvalue weighted by Crippen LogP contribution is 2.27. The van der Waals surface area contributed by atoms with E-state index in [2.05, 4.69) is 24.1 Å². The van der Waals surface area contributed by atoms with Crippen molar-refractivity contribution in [1.82, 2.24) is 4.98 Å². The lowest BCUT2D eigenvalue weighted by atomic mass is 10.0. The number of benzene rings is 3. The van der Waals surface area contributed by atoms with Gasteiger partial charge in [0.15, 0.2) is 5.58 Å². The van der Waals surface area contributed by atoms with Crippen molar-refractivity contribution in [2.24, 2.45) is 0 Å². The molecule has 0 aliphatic heterocycles. The number of anilines is 1. The van der Waals surface area contributed by atoms with Gasteiger partial charge in [0.1, 0.15) is 11.3 Å². The van der Waals surface area contributed by atoms with Crippen molar-refractivity contribution >= 4 is 22.7 Å². The average Bonchev–Trinajstić information content (AvgIpc) is 3.11. The molecule has 28 heavy (non-hydrogen) atoms. The van der Waals surface area contributed by atoms with Crippen LogP contribution in [0, 0.1) is 5.82 Å². The quantitative estimate of drug-likeness (QED) is 0.476. The summed E-state index contributed by atoms with van der Waals surface area (Å²) in [6.45, 7) is 4.28. The summed E-state index contributed by atoms with van der Waals surface area (Å²) < 4.78 is 19.1. The van der Waals surface area contributed by atoms with E-state index in [9.17, 15) is 9.18 Å². The number of halogens is 1. The van der Waals surface area contributed by atoms with Gasteiger partial charge in [0, 0.05) is 16.8 Å². The second-order valence-corrected chi connectivity index (χ2v) is 6.94. The molecular formula is C23H19FN2O2. The lowest BCUT2D eigenvalue weighted by molar-refractivity contribution is 0.102. The summed E-state index contributed by atoms with van der Waals surface area (Å²) in [5.74, 6) is 0.138. The maximum absolute atomic E-state index is 13.3. The minimum atomic E-state index is -0.445. The van der Waals surface area contributed by atoms with Crippen molar-refractivity contribution in [1.29, 1.82) is 0 Å². The molecule has 0 radical (unpaired) electrons. The number of amides is 1. The zero-order valence-electron chi connectivity index (χ0n) is 15.6. The van der Waals surface area contributed by atoms with Crippen LogP contribution in [0.15, 0.2) is 71.1 Å². The second kappa shape index (κ2) is 7.27. The molecule has 1 N–H and O–H groups in total. The first kappa shape index (κ1) is 17.9. The number of hydrogen-bond donors (Lipinski definition) is 1. The summed E-state index contributed by atoms with van der Waals surface area (Å²) in [7, 11) is 0. The van der Waals surface area contributed by atoms with Crippen LogP contribution >= 0.6 is 0 Å². The molecule has 5 heteroatoms. The maximum atomic E-state index is 13.3. The van der Waals surface area contributed by atoms with E-state index in [4.69, 9.17) is 4.42 Å². The number of oxazole rings is 1. The van der Waals surface area contributed by atoms with Crippen LogP contribution in [0.2, 0.25) is 0 Å². The predicted octanol–water partition coefficient (Wildman–Crippen LogP) is 6.01. The summed E-state index contributed by atoms with van der Waals surface area (Å²) in [4.78, 5) is 16.8. The van der Waals surface area contributed by atoms with Gasteiger partial charge < -0.3 is 9.73 Å². The number of carbonyl (C=O) groups is 1. The first-order chi connectivity index (χ1) is 13.5. The zero-order valence-corrected chi connectivity index (χ0v) is 15.6. The Morgan fingerprint density at radius 3 is 2.54 bits per heavy atom. The van der Waals surface area contributed by atoms with Crippen LogP contribution in [0.5, 0.6) is 0 Å². The maximum Gasteiger partial charge on any atom is 0.255 e. The monoisotopic (exact) mass is 374 g/mol. The van der Waals surface area contributed by atoms with Gasteiger partial charge in [0.05, 0.1) is 0 Å². The van der Waals surface area contributed by atoms with Gasteiger partial charge in [-0.3, -0.25) is 4.79 Å². The Kier molecular flexibility index (Phi) is 4.65. The molecule has 1 aromatic heterocycles. The fraction of sp³-hybridized carbons (Fsp3) is 0.130. The molecule has 0 aliphatic rings. The Morgan fingerprint density at radius 1 is 1.04 bits per heavy atom. The molecule has 4 rings (SSSR count). The molecule has 0 bridgehead atoms. The molecule has 0 spiro atoms. The first-order valence-corrected chi connectivity index (χ1v) is 9.07. The molecule has 140 valence electrons. The van der Waals surface area contributed by atoms with Gasteiger partial charge in [-0.15, -0.1) is 0 Å². The van der Waals surface area contributed by atoms with Crippen LogP contribution < -0.4 is 5.32 Å². The van der Waals surface area contributed by atoms with E-state index >= 15 is 0 Å². The van der Waals surface area contributed by atoms with Gasteiger partial charge in [-0.05, 0) is 66.1 Å². The van der Waals surface area contributed by atoms with Crippen molar-refractivity contribution in [3.63, 3.8) is 0 Å². The Balaban J connectivity index is 1.54. The van der Waals surface area contributed by atoms with Gasteiger partial charge in [-0.25, -0.2) is 9.37 Å². The molecule has 1 amide bonds. The van der Waals surface area contributed by atoms with Crippen molar-refractivity contribution < 1.29 is 13.6 Å². The smallest absolute Gasteiger partial charge is 0.255 e. The Hall–Kier alpha value is -3.47. The molecule has 0 fully saturated rings. The predicted molar refractivity (Wildman–Crippen MR) is 108 cm³/mol. The van der Waals surface area contributed by atoms with E-state index in [1.165, 1.54) is 23.8 Å². The van der Waals surface area contributed by atoms with Crippen LogP contribution in [0.4, 0.5) is 10.1 Å². The van der Waals surface area contributed by atoms with Gasteiger partial charge in [0.25, 0.3) is 5.91 Å². The number of hydrogen-bond acceptors (Lipinski definition) is 3. The van der Waals surface area contributed by atoms with E-state index in [1.54, 1.807) is 18.2 Å². The van der Waals surface area contributed by atoms with E-state index in [0.717, 1.165) is 16.7 Å². The van der Waals surface area contributed by atoms with Crippen LogP contribution in [0.1, 0.15) is 35.7 Å². The number of fused-ring (bicyclic) bond motifs is 1. The highest BCUT2D eigenvalue weighted by molar-refractivity contribution is 6.04. The van der Waals surface area contributed by atoms with Crippen LogP contribution in [0.3, 0.4) is 0 Å². The molecule has 3 aromatic carbocycles. The minimum Gasteiger partial charge on any atom is -0.436 e. The van der Waals surface area contributed by atoms with Crippen LogP contribution in [-0.4, -0.2) is 10.9 Å². The third kappa shape index (κ3) is 3.64. The number of aromatic nitrogens is 1. The third-order valence-corrected chi connectivity index (χ3v) is 4.55. The fourth-order valence-electron chi connectivity index (χ4n) is 2.96. The fourth-order valence-corrected chi connectivity index (χ4v) is 2.96. The molecule has 0 aliphatic carbocycles. The van der Waals surface area contributed by atoms with E-state index < -0.39 is 5.82 Å². The molecule has 0 saturated carbocycles. The molecular weight excluding hydrogens is 355 g/mol. The van der Waals surface area contributed by atoms with Crippen molar-refractivity contribution in [2.75, 3.05) is 5.32 Å². The van der Waals surface area contributed by atoms with E-state index in [0.29, 0.717) is 17.5 Å². The SMILES string of the molecule is CC(C)c1ccc2oc(-c3ccc(NC(=O)c4cccc(F)c4)cc3)nc2c1. The van der Waals surface area contributed by atoms with Gasteiger partial charge >= 0.3 is 0 Å². The Labute approximate surface area is 162 Å². The van der Waals surface area contributed by atoms with E-state index in [-0.39, 0.29) is 11.5 Å². The standard InChI is InChI=1S/C23H19FN2O2/c1-14(2)16-8-11-21-20(13-16)26-23(28-21)15-6-9-19(10-7-15)25-22(27)17-4-3-5-18(24)12-17/h3-14H,1-2H3,(H,25,27). The molecule has 1 heterocycles. The summed E-state index contributed by atoms with van der Waals surface area (Å²) in [5.41, 5.74) is 4.46. The Morgan fingerprint density at radius 2 is 1.82 bits per heavy atom. The van der Waals surface area contributed by atoms with Gasteiger partial charge in [-0.1, -0.05) is 26.0 Å². The highest BCUT2D eigenvalue weighted by Gasteiger charge is 2.11. The summed E-state index contributed by atoms with van der Waals surface area (Å²) in [5, 5.41) is 2.75. The number of carbonyl (C=O) groups excluding carboxylic acids is 1. The van der Waals surface area contributed by atoms with Crippen LogP contribution in [0.25, 0.3) is 22.6 Å². The summed E-state index contributed by atoms with van der Waals surface area (Å²) in [6.07, 6.45) is 0. The van der Waals surface area contributed by atoms with Crippen molar-refractivity contribution in [3.05, 3.63) is 83.7 Å². The zero-order chi connectivity index (χ0) is 19.7. The van der Waals surface area contributed by atoms with Crippen molar-refractivity contribution in [2.45, 2.75) is 19.8 Å². The summed E-state index contributed by atoms with van der Waals surface area (Å²) in [6, 6.07) is 18.8. The highest BCUT2D eigenvalue weighted by atomic mass is 19.1. The lowest BCUT2D eigenvalue weighted by Crippen LogP contribution is -2.11. The van der Waals surface area contributed by atoms with Crippen molar-refractivity contribution in [3.8, 4) is 11.5 Å². The topological polar surface area (TPSA) is 55.1 Å². The molecule has 4 nitrogen and oxygen atoms in total. The Bertz CT molecular complexity index is 1150. The molecule has 0 saturated heterocycles. The molecule has 0 unspecified atom stereocenters. The minimum absolute atomic E-state index is 0.268. The normalized spacial score (nSPS) is 11.1. The first-order valence-electron chi connectivity index (χ1n) is 9.07. The van der Waals surface area contributed by atoms with Gasteiger partial charge in [0.2, 0.25) is 5.89 Å². The molecule has 4 aromatic rings. The lowest BCUT2D eigenvalue weighted by Gasteiger charge is -2.06. The number of nitrogens with one attached hydrogen (secondary N) is 1. The largest absolute Gasteiger partial charge is 0.436 e. The molecule has 0 atom stereocenters. The average molecular weight is 374 g/mol. The third-order valence-electron chi connectivity index (χ3n) is 4.55. The van der Waals surface area contributed by atoms with Crippen LogP contribution in [-0.2, 0) is 0 Å². The second-order valence-electron chi connectivity index (χ2n) is 6.94.